The number of rotatable bonds is 40. The van der Waals surface area contributed by atoms with Gasteiger partial charge in [0, 0.05) is 7.26 Å². The van der Waals surface area contributed by atoms with Crippen molar-refractivity contribution in [1.82, 2.24) is 0 Å². The summed E-state index contributed by atoms with van der Waals surface area (Å²) in [6.45, 7) is 9.49. The molecule has 0 atom stereocenters. The smallest absolute Gasteiger partial charge is 0.0594 e. The maximum atomic E-state index is 2.43. The summed E-state index contributed by atoms with van der Waals surface area (Å²) < 4.78 is 0. The van der Waals surface area contributed by atoms with Gasteiger partial charge in [-0.2, -0.15) is 0 Å². The second-order valence-corrected chi connectivity index (χ2v) is 20.0. The minimum atomic E-state index is -0.706. The lowest BCUT2D eigenvalue weighted by Gasteiger charge is -2.28. The molecule has 0 N–H and O–H groups in total. The van der Waals surface area contributed by atoms with E-state index in [9.17, 15) is 0 Å². The first-order valence-electron chi connectivity index (χ1n) is 22.1. The highest BCUT2D eigenvalue weighted by Crippen LogP contribution is 2.61. The maximum Gasteiger partial charge on any atom is 0.0594 e. The van der Waals surface area contributed by atoms with E-state index in [0.29, 0.717) is 0 Å². The van der Waals surface area contributed by atoms with Gasteiger partial charge in [-0.3, -0.25) is 0 Å². The van der Waals surface area contributed by atoms with E-state index < -0.39 is 7.26 Å². The molecule has 0 rings (SSSR count). The van der Waals surface area contributed by atoms with Crippen molar-refractivity contribution >= 4 is 7.26 Å². The minimum absolute atomic E-state index is 0. The Hall–Kier alpha value is 1.16. The van der Waals surface area contributed by atoms with E-state index in [0.717, 1.165) is 0 Å². The van der Waals surface area contributed by atoms with Crippen LogP contribution in [-0.2, 0) is 0 Å². The maximum absolute atomic E-state index is 2.43. The fourth-order valence-corrected chi connectivity index (χ4v) is 12.8. The van der Waals surface area contributed by atoms with E-state index in [1.807, 2.05) is 0 Å². The summed E-state index contributed by atoms with van der Waals surface area (Å²) in [6.07, 6.45) is 60.0. The molecule has 0 heterocycles. The topological polar surface area (TPSA) is 0 Å². The molecule has 0 unspecified atom stereocenters. The predicted octanol–water partition coefficient (Wildman–Crippen LogP) is 14.1. The van der Waals surface area contributed by atoms with Crippen LogP contribution in [0.3, 0.4) is 0 Å². The van der Waals surface area contributed by atoms with E-state index in [4.69, 9.17) is 0 Å². The van der Waals surface area contributed by atoms with E-state index >= 15 is 0 Å². The van der Waals surface area contributed by atoms with Crippen LogP contribution in [0.2, 0.25) is 0 Å². The fraction of sp³-hybridized carbons (Fsp3) is 1.00. The van der Waals surface area contributed by atoms with Crippen LogP contribution < -0.4 is 24.0 Å². The van der Waals surface area contributed by atoms with Crippen molar-refractivity contribution in [2.45, 2.75) is 259 Å². The van der Waals surface area contributed by atoms with Crippen molar-refractivity contribution < 1.29 is 24.0 Å². The van der Waals surface area contributed by atoms with Crippen molar-refractivity contribution in [3.8, 4) is 0 Å². The van der Waals surface area contributed by atoms with E-state index in [2.05, 4.69) is 27.7 Å². The van der Waals surface area contributed by atoms with Gasteiger partial charge in [0.2, 0.25) is 0 Å². The average Bonchev–Trinajstić information content (AvgIpc) is 3.05. The molecule has 0 aromatic rings. The van der Waals surface area contributed by atoms with Gasteiger partial charge < -0.3 is 24.0 Å². The third-order valence-corrected chi connectivity index (χ3v) is 16.0. The predicted molar refractivity (Wildman–Crippen MR) is 215 cm³/mol. The van der Waals surface area contributed by atoms with Gasteiger partial charge in [-0.15, -0.1) is 0 Å². The van der Waals surface area contributed by atoms with Gasteiger partial charge in [0.1, 0.15) is 0 Å². The fourth-order valence-electron chi connectivity index (χ4n) is 7.65. The highest BCUT2D eigenvalue weighted by atomic mass is 127. The molecule has 0 aliphatic carbocycles. The number of unbranched alkanes of at least 4 members (excludes halogenated alkanes) is 32. The normalized spacial score (nSPS) is 11.7. The Kier molecular flexibility index (Phi) is 45.3. The molecule has 0 amide bonds. The summed E-state index contributed by atoms with van der Waals surface area (Å²) in [5, 5.41) is 0. The summed E-state index contributed by atoms with van der Waals surface area (Å²) in [5.74, 6) is 0. The molecule has 0 aliphatic rings. The summed E-state index contributed by atoms with van der Waals surface area (Å²) in [7, 11) is -0.706. The molecule has 0 fully saturated rings. The third kappa shape index (κ3) is 36.4. The molecule has 2 heteroatoms. The summed E-state index contributed by atoms with van der Waals surface area (Å²) in [4.78, 5) is 0. The molecule has 0 spiro atoms. The quantitative estimate of drug-likeness (QED) is 0.0330. The molecular weight excluding hydrogens is 686 g/mol. The van der Waals surface area contributed by atoms with Crippen LogP contribution in [0.1, 0.15) is 259 Å². The second kappa shape index (κ2) is 42.3. The third-order valence-electron chi connectivity index (χ3n) is 10.9. The van der Waals surface area contributed by atoms with Gasteiger partial charge in [-0.25, -0.2) is 0 Å². The molecule has 0 saturated heterocycles. The summed E-state index contributed by atoms with van der Waals surface area (Å²) >= 11 is 0. The van der Waals surface area contributed by atoms with Crippen LogP contribution in [0.25, 0.3) is 0 Å². The van der Waals surface area contributed by atoms with Crippen LogP contribution in [0.5, 0.6) is 0 Å². The monoisotopic (exact) mass is 779 g/mol. The molecule has 0 aliphatic heterocycles. The van der Waals surface area contributed by atoms with Crippen molar-refractivity contribution in [3.05, 3.63) is 0 Å². The average molecular weight is 779 g/mol. The largest absolute Gasteiger partial charge is 1.00 e. The lowest BCUT2D eigenvalue weighted by atomic mass is 10.0. The molecule has 0 saturated carbocycles. The van der Waals surface area contributed by atoms with E-state index in [1.54, 1.807) is 37.5 Å². The van der Waals surface area contributed by atoms with Crippen LogP contribution >= 0.6 is 7.26 Å². The second-order valence-electron chi connectivity index (χ2n) is 15.5. The lowest BCUT2D eigenvalue weighted by Crippen LogP contribution is -3.00. The van der Waals surface area contributed by atoms with Crippen molar-refractivity contribution in [2.75, 3.05) is 24.6 Å². The molecule has 0 radical (unpaired) electrons. The molecule has 0 bridgehead atoms. The number of hydrogen-bond donors (Lipinski definition) is 0. The Balaban J connectivity index is 0. The minimum Gasteiger partial charge on any atom is -1.00 e. The SMILES string of the molecule is CCCCCCCCCCCCCCCCCC[P+](CCCC)(CCCC)CCCCCCCCCCCCCCCCCC.[I-]. The molecular formula is C44H92IP. The first-order valence-corrected chi connectivity index (χ1v) is 24.6. The Bertz CT molecular complexity index is 474. The van der Waals surface area contributed by atoms with Gasteiger partial charge in [-0.05, 0) is 38.5 Å². The molecule has 0 aromatic carbocycles. The molecule has 280 valence electrons. The summed E-state index contributed by atoms with van der Waals surface area (Å²) in [5.41, 5.74) is 0. The van der Waals surface area contributed by atoms with Crippen LogP contribution in [0, 0.1) is 0 Å². The Morgan fingerprint density at radius 3 is 0.543 bits per heavy atom. The van der Waals surface area contributed by atoms with Crippen LogP contribution in [0.15, 0.2) is 0 Å². The van der Waals surface area contributed by atoms with E-state index in [-0.39, 0.29) is 24.0 Å². The standard InChI is InChI=1S/C44H92P.HI/c1-5-9-13-15-17-19-21-23-25-27-29-31-33-35-37-39-43-45(41-11-7-3,42-12-8-4)44-40-38-36-34-32-30-28-26-24-22-20-18-16-14-10-6-2;/h5-44H2,1-4H3;1H/q+1;/p-1. The number of hydrogen-bond acceptors (Lipinski definition) is 0. The first-order chi connectivity index (χ1) is 22.2. The molecule has 0 nitrogen and oxygen atoms in total. The van der Waals surface area contributed by atoms with Crippen LogP contribution in [0.4, 0.5) is 0 Å². The van der Waals surface area contributed by atoms with Crippen molar-refractivity contribution in [1.29, 1.82) is 0 Å². The molecule has 0 aromatic heterocycles. The van der Waals surface area contributed by atoms with E-state index in [1.165, 1.54) is 218 Å². The van der Waals surface area contributed by atoms with Gasteiger partial charge in [-0.1, -0.05) is 220 Å². The summed E-state index contributed by atoms with van der Waals surface area (Å²) in [6, 6.07) is 0. The van der Waals surface area contributed by atoms with Crippen LogP contribution in [-0.4, -0.2) is 24.6 Å². The van der Waals surface area contributed by atoms with Gasteiger partial charge in [0.15, 0.2) is 0 Å². The Morgan fingerprint density at radius 2 is 0.348 bits per heavy atom. The highest BCUT2D eigenvalue weighted by molar-refractivity contribution is 7.75. The molecule has 46 heavy (non-hydrogen) atoms. The van der Waals surface area contributed by atoms with Gasteiger partial charge in [0.25, 0.3) is 0 Å². The van der Waals surface area contributed by atoms with Crippen molar-refractivity contribution in [3.63, 3.8) is 0 Å². The Labute approximate surface area is 313 Å². The first kappa shape index (κ1) is 49.3. The lowest BCUT2D eigenvalue weighted by molar-refractivity contribution is -0.0000102. The van der Waals surface area contributed by atoms with Crippen molar-refractivity contribution in [2.24, 2.45) is 0 Å². The highest BCUT2D eigenvalue weighted by Gasteiger charge is 2.34. The van der Waals surface area contributed by atoms with Gasteiger partial charge in [0.05, 0.1) is 24.6 Å². The zero-order valence-electron chi connectivity index (χ0n) is 33.1. The Morgan fingerprint density at radius 1 is 0.196 bits per heavy atom. The van der Waals surface area contributed by atoms with Gasteiger partial charge >= 0.3 is 0 Å². The number of halogens is 1. The zero-order valence-corrected chi connectivity index (χ0v) is 36.2. The zero-order chi connectivity index (χ0) is 32.8.